The van der Waals surface area contributed by atoms with Gasteiger partial charge < -0.3 is 4.74 Å². The van der Waals surface area contributed by atoms with Crippen LogP contribution >= 0.6 is 0 Å². The Morgan fingerprint density at radius 3 is 2.76 bits per heavy atom. The third-order valence-corrected chi connectivity index (χ3v) is 3.21. The van der Waals surface area contributed by atoms with Crippen molar-refractivity contribution >= 4 is 0 Å². The summed E-state index contributed by atoms with van der Waals surface area (Å²) in [4.78, 5) is 0. The molecule has 1 aliphatic heterocycles. The quantitative estimate of drug-likeness (QED) is 0.815. The van der Waals surface area contributed by atoms with Crippen molar-refractivity contribution in [2.45, 2.75) is 32.5 Å². The summed E-state index contributed by atoms with van der Waals surface area (Å²) in [5.74, 6) is 0. The minimum absolute atomic E-state index is 0.0898. The number of hydrogen-bond donors (Lipinski definition) is 1. The lowest BCUT2D eigenvalue weighted by Crippen LogP contribution is -2.31. The van der Waals surface area contributed by atoms with Crippen molar-refractivity contribution in [3.8, 4) is 11.3 Å². The lowest BCUT2D eigenvalue weighted by atomic mass is 9.95. The monoisotopic (exact) mass is 228 g/mol. The summed E-state index contributed by atoms with van der Waals surface area (Å²) in [5.41, 5.74) is 4.49. The number of ether oxygens (including phenoxy) is 1. The van der Waals surface area contributed by atoms with Gasteiger partial charge in [0.1, 0.15) is 0 Å². The Labute approximate surface area is 101 Å². The maximum atomic E-state index is 5.85. The molecule has 0 unspecified atom stereocenters. The molecule has 0 atom stereocenters. The van der Waals surface area contributed by atoms with Crippen LogP contribution in [0.1, 0.15) is 25.1 Å². The third kappa shape index (κ3) is 1.87. The standard InChI is InChI=1S/C14H16N2O/c1-14(2)8-12-11(9-17-14)13(16-15-12)10-6-4-3-5-7-10/h3-7H,8-9H2,1-2H3,(H,15,16). The van der Waals surface area contributed by atoms with Gasteiger partial charge in [-0.15, -0.1) is 0 Å². The molecule has 3 heteroatoms. The Morgan fingerprint density at radius 2 is 2.00 bits per heavy atom. The minimum Gasteiger partial charge on any atom is -0.370 e. The fourth-order valence-corrected chi connectivity index (χ4v) is 2.28. The Morgan fingerprint density at radius 1 is 1.24 bits per heavy atom. The van der Waals surface area contributed by atoms with Crippen molar-refractivity contribution in [3.05, 3.63) is 41.6 Å². The van der Waals surface area contributed by atoms with Gasteiger partial charge in [0.05, 0.1) is 17.9 Å². The zero-order valence-corrected chi connectivity index (χ0v) is 10.2. The second-order valence-electron chi connectivity index (χ2n) is 5.12. The molecule has 2 heterocycles. The minimum atomic E-state index is -0.0898. The lowest BCUT2D eigenvalue weighted by molar-refractivity contribution is -0.0404. The van der Waals surface area contributed by atoms with Crippen LogP contribution < -0.4 is 0 Å². The van der Waals surface area contributed by atoms with Gasteiger partial charge >= 0.3 is 0 Å². The van der Waals surface area contributed by atoms with E-state index in [4.69, 9.17) is 4.74 Å². The topological polar surface area (TPSA) is 37.9 Å². The van der Waals surface area contributed by atoms with Crippen molar-refractivity contribution in [2.24, 2.45) is 0 Å². The summed E-state index contributed by atoms with van der Waals surface area (Å²) in [6.45, 7) is 4.86. The molecule has 0 aliphatic carbocycles. The van der Waals surface area contributed by atoms with E-state index in [0.29, 0.717) is 6.61 Å². The second kappa shape index (κ2) is 3.70. The van der Waals surface area contributed by atoms with E-state index in [-0.39, 0.29) is 5.60 Å². The molecule has 0 fully saturated rings. The van der Waals surface area contributed by atoms with E-state index in [1.165, 1.54) is 11.3 Å². The predicted octanol–water partition coefficient (Wildman–Crippen LogP) is 2.93. The summed E-state index contributed by atoms with van der Waals surface area (Å²) in [7, 11) is 0. The molecule has 1 aromatic heterocycles. The molecule has 0 amide bonds. The molecule has 1 aliphatic rings. The van der Waals surface area contributed by atoms with E-state index < -0.39 is 0 Å². The first-order chi connectivity index (χ1) is 8.16. The van der Waals surface area contributed by atoms with Crippen LogP contribution in [0.2, 0.25) is 0 Å². The van der Waals surface area contributed by atoms with Crippen LogP contribution in [0.15, 0.2) is 30.3 Å². The first kappa shape index (κ1) is 10.5. The highest BCUT2D eigenvalue weighted by molar-refractivity contribution is 5.64. The first-order valence-corrected chi connectivity index (χ1v) is 5.91. The fourth-order valence-electron chi connectivity index (χ4n) is 2.28. The number of aromatic nitrogens is 2. The third-order valence-electron chi connectivity index (χ3n) is 3.21. The van der Waals surface area contributed by atoms with E-state index in [9.17, 15) is 0 Å². The van der Waals surface area contributed by atoms with Crippen LogP contribution in [0.4, 0.5) is 0 Å². The van der Waals surface area contributed by atoms with Crippen molar-refractivity contribution < 1.29 is 4.74 Å². The Balaban J connectivity index is 2.03. The van der Waals surface area contributed by atoms with E-state index in [1.807, 2.05) is 18.2 Å². The molecule has 0 saturated heterocycles. The van der Waals surface area contributed by atoms with Gasteiger partial charge in [0.2, 0.25) is 0 Å². The number of fused-ring (bicyclic) bond motifs is 1. The van der Waals surface area contributed by atoms with Crippen LogP contribution in [0.3, 0.4) is 0 Å². The summed E-state index contributed by atoms with van der Waals surface area (Å²) in [6.07, 6.45) is 0.891. The molecule has 0 spiro atoms. The van der Waals surface area contributed by atoms with Crippen LogP contribution in [0, 0.1) is 0 Å². The molecule has 17 heavy (non-hydrogen) atoms. The maximum absolute atomic E-state index is 5.85. The van der Waals surface area contributed by atoms with Gasteiger partial charge in [0, 0.05) is 23.2 Å². The number of H-pyrrole nitrogens is 1. The highest BCUT2D eigenvalue weighted by atomic mass is 16.5. The SMILES string of the molecule is CC1(C)Cc2[nH]nc(-c3ccccc3)c2CO1. The van der Waals surface area contributed by atoms with Gasteiger partial charge in [-0.25, -0.2) is 0 Å². The summed E-state index contributed by atoms with van der Waals surface area (Å²) in [5, 5.41) is 7.58. The molecule has 88 valence electrons. The number of benzene rings is 1. The molecular formula is C14H16N2O. The average Bonchev–Trinajstić information content (AvgIpc) is 2.71. The average molecular weight is 228 g/mol. The zero-order chi connectivity index (χ0) is 11.9. The first-order valence-electron chi connectivity index (χ1n) is 5.91. The molecule has 0 saturated carbocycles. The van der Waals surface area contributed by atoms with Crippen LogP contribution in [0.25, 0.3) is 11.3 Å². The van der Waals surface area contributed by atoms with Gasteiger partial charge in [0.15, 0.2) is 0 Å². The normalized spacial score (nSPS) is 17.8. The van der Waals surface area contributed by atoms with Crippen LogP contribution in [-0.2, 0) is 17.8 Å². The highest BCUT2D eigenvalue weighted by Crippen LogP contribution is 2.32. The summed E-state index contributed by atoms with van der Waals surface area (Å²) >= 11 is 0. The Kier molecular flexibility index (Phi) is 2.30. The second-order valence-corrected chi connectivity index (χ2v) is 5.12. The number of hydrogen-bond acceptors (Lipinski definition) is 2. The molecule has 1 N–H and O–H groups in total. The smallest absolute Gasteiger partial charge is 0.0978 e. The fraction of sp³-hybridized carbons (Fsp3) is 0.357. The molecule has 1 aromatic carbocycles. The van der Waals surface area contributed by atoms with Crippen LogP contribution in [0.5, 0.6) is 0 Å². The number of rotatable bonds is 1. The predicted molar refractivity (Wildman–Crippen MR) is 66.6 cm³/mol. The summed E-state index contributed by atoms with van der Waals surface area (Å²) < 4.78 is 5.85. The number of aromatic amines is 1. The zero-order valence-electron chi connectivity index (χ0n) is 10.2. The van der Waals surface area contributed by atoms with Crippen molar-refractivity contribution in [1.29, 1.82) is 0 Å². The van der Waals surface area contributed by atoms with Crippen molar-refractivity contribution in [2.75, 3.05) is 0 Å². The van der Waals surface area contributed by atoms with Crippen molar-refractivity contribution in [3.63, 3.8) is 0 Å². The van der Waals surface area contributed by atoms with E-state index in [2.05, 4.69) is 36.2 Å². The van der Waals surface area contributed by atoms with E-state index in [1.54, 1.807) is 0 Å². The number of nitrogens with zero attached hydrogens (tertiary/aromatic N) is 1. The summed E-state index contributed by atoms with van der Waals surface area (Å²) in [6, 6.07) is 10.2. The van der Waals surface area contributed by atoms with Gasteiger partial charge in [-0.1, -0.05) is 30.3 Å². The molecular weight excluding hydrogens is 212 g/mol. The maximum Gasteiger partial charge on any atom is 0.0978 e. The largest absolute Gasteiger partial charge is 0.370 e. The molecule has 0 bridgehead atoms. The van der Waals surface area contributed by atoms with Crippen LogP contribution in [-0.4, -0.2) is 15.8 Å². The van der Waals surface area contributed by atoms with Gasteiger partial charge in [-0.05, 0) is 13.8 Å². The highest BCUT2D eigenvalue weighted by Gasteiger charge is 2.29. The van der Waals surface area contributed by atoms with Gasteiger partial charge in [-0.2, -0.15) is 5.10 Å². The van der Waals surface area contributed by atoms with E-state index in [0.717, 1.165) is 17.7 Å². The molecule has 3 rings (SSSR count). The Hall–Kier alpha value is -1.61. The van der Waals surface area contributed by atoms with Gasteiger partial charge in [-0.3, -0.25) is 5.10 Å². The van der Waals surface area contributed by atoms with E-state index >= 15 is 0 Å². The molecule has 2 aromatic rings. The molecule has 3 nitrogen and oxygen atoms in total. The Bertz CT molecular complexity index is 528. The molecule has 0 radical (unpaired) electrons. The lowest BCUT2D eigenvalue weighted by Gasteiger charge is -2.29. The van der Waals surface area contributed by atoms with Crippen molar-refractivity contribution in [1.82, 2.24) is 10.2 Å². The number of nitrogens with one attached hydrogen (secondary N) is 1. The van der Waals surface area contributed by atoms with Gasteiger partial charge in [0.25, 0.3) is 0 Å².